The van der Waals surface area contributed by atoms with E-state index in [4.69, 9.17) is 0 Å². The van der Waals surface area contributed by atoms with Crippen LogP contribution in [0.1, 0.15) is 91.0 Å². The van der Waals surface area contributed by atoms with E-state index in [0.29, 0.717) is 22.8 Å². The van der Waals surface area contributed by atoms with Crippen LogP contribution in [0, 0.1) is 29.1 Å². The fraction of sp³-hybridized carbons (Fsp3) is 0.786. The van der Waals surface area contributed by atoms with Gasteiger partial charge in [-0.05, 0) is 93.4 Å². The zero-order valence-electron chi connectivity index (χ0n) is 22.0. The van der Waals surface area contributed by atoms with E-state index < -0.39 is 18.6 Å². The zero-order valence-corrected chi connectivity index (χ0v) is 22.9. The number of aromatic nitrogens is 2. The van der Waals surface area contributed by atoms with Crippen molar-refractivity contribution < 1.29 is 14.4 Å². The Labute approximate surface area is 213 Å². The van der Waals surface area contributed by atoms with Crippen LogP contribution in [0.15, 0.2) is 4.79 Å². The van der Waals surface area contributed by atoms with Gasteiger partial charge < -0.3 is 14.4 Å². The van der Waals surface area contributed by atoms with Gasteiger partial charge in [0.1, 0.15) is 0 Å². The molecule has 0 spiro atoms. The average molecular weight is 516 g/mol. The first-order valence-corrected chi connectivity index (χ1v) is 15.8. The van der Waals surface area contributed by atoms with Crippen LogP contribution < -0.4 is 21.7 Å². The summed E-state index contributed by atoms with van der Waals surface area (Å²) < 4.78 is 13.9. The first kappa shape index (κ1) is 25.0. The third-order valence-electron chi connectivity index (χ3n) is 10.8. The largest absolute Gasteiger partial charge is 0.380 e. The van der Waals surface area contributed by atoms with Crippen molar-refractivity contribution in [1.82, 2.24) is 14.5 Å². The molecule has 3 heterocycles. The van der Waals surface area contributed by atoms with Gasteiger partial charge in [0.05, 0.1) is 10.7 Å². The van der Waals surface area contributed by atoms with Crippen molar-refractivity contribution >= 4 is 25.2 Å². The number of rotatable bonds is 5. The van der Waals surface area contributed by atoms with Crippen molar-refractivity contribution in [3.63, 3.8) is 0 Å². The Balaban J connectivity index is 1.27. The summed E-state index contributed by atoms with van der Waals surface area (Å²) in [6.07, 6.45) is 15.6. The lowest BCUT2D eigenvalue weighted by Gasteiger charge is -2.60. The lowest BCUT2D eigenvalue weighted by atomic mass is 9.45. The van der Waals surface area contributed by atoms with E-state index in [9.17, 15) is 19.1 Å². The normalized spacial score (nSPS) is 37.3. The predicted octanol–water partition coefficient (Wildman–Crippen LogP) is 2.67. The SMILES string of the molecule is CC1C=c2nc(P(=O)(O)O)c(=O)n([C@H]3C[C@H]4CCC[C@@H](C3)N4CC[C@@H]3CCC4C[C@@H]3C4(C)C)c2=CC1. The van der Waals surface area contributed by atoms with Crippen molar-refractivity contribution in [3.8, 4) is 0 Å². The van der Waals surface area contributed by atoms with Crippen molar-refractivity contribution in [2.75, 3.05) is 6.54 Å². The lowest BCUT2D eigenvalue weighted by molar-refractivity contribution is -0.111. The van der Waals surface area contributed by atoms with Gasteiger partial charge in [-0.25, -0.2) is 4.98 Å². The zero-order chi connectivity index (χ0) is 25.4. The summed E-state index contributed by atoms with van der Waals surface area (Å²) in [5.41, 5.74) is -0.664. The Morgan fingerprint density at radius 1 is 1.08 bits per heavy atom. The molecule has 2 saturated heterocycles. The summed E-state index contributed by atoms with van der Waals surface area (Å²) in [4.78, 5) is 40.2. The molecule has 198 valence electrons. The molecule has 7 nitrogen and oxygen atoms in total. The van der Waals surface area contributed by atoms with Gasteiger partial charge in [-0.15, -0.1) is 0 Å². The Hall–Kier alpha value is -1.27. The second kappa shape index (κ2) is 8.90. The van der Waals surface area contributed by atoms with Gasteiger partial charge in [-0.1, -0.05) is 39.3 Å². The molecule has 8 heteroatoms. The van der Waals surface area contributed by atoms with Crippen molar-refractivity contribution in [2.24, 2.45) is 29.1 Å². The van der Waals surface area contributed by atoms with E-state index >= 15 is 0 Å². The summed E-state index contributed by atoms with van der Waals surface area (Å²) in [7, 11) is -4.76. The monoisotopic (exact) mass is 515 g/mol. The van der Waals surface area contributed by atoms with Gasteiger partial charge in [-0.3, -0.25) is 14.3 Å². The molecule has 4 bridgehead atoms. The molecule has 1 aromatic heterocycles. The molecule has 1 aromatic rings. The molecule has 7 rings (SSSR count). The molecule has 36 heavy (non-hydrogen) atoms. The third-order valence-corrected chi connectivity index (χ3v) is 11.6. The molecule has 4 aliphatic carbocycles. The second-order valence-electron chi connectivity index (χ2n) is 13.1. The van der Waals surface area contributed by atoms with Gasteiger partial charge >= 0.3 is 7.60 Å². The van der Waals surface area contributed by atoms with E-state index in [1.165, 1.54) is 32.1 Å². The first-order valence-electron chi connectivity index (χ1n) is 14.2. The Morgan fingerprint density at radius 2 is 1.81 bits per heavy atom. The van der Waals surface area contributed by atoms with Crippen molar-refractivity contribution in [2.45, 2.75) is 103 Å². The van der Waals surface area contributed by atoms with Crippen LogP contribution in [0.25, 0.3) is 12.2 Å². The minimum Gasteiger partial charge on any atom is -0.320 e. The fourth-order valence-electron chi connectivity index (χ4n) is 8.72. The number of fused-ring (bicyclic) bond motifs is 5. The predicted molar refractivity (Wildman–Crippen MR) is 141 cm³/mol. The minimum absolute atomic E-state index is 0.0369. The number of hydrogen-bond acceptors (Lipinski definition) is 4. The topological polar surface area (TPSA) is 95.7 Å². The molecular weight excluding hydrogens is 473 g/mol. The van der Waals surface area contributed by atoms with Crippen LogP contribution in [-0.4, -0.2) is 42.9 Å². The maximum atomic E-state index is 13.5. The van der Waals surface area contributed by atoms with E-state index in [0.717, 1.165) is 61.8 Å². The van der Waals surface area contributed by atoms with Crippen LogP contribution in [0.3, 0.4) is 0 Å². The molecule has 7 atom stereocenters. The maximum absolute atomic E-state index is 13.5. The van der Waals surface area contributed by atoms with Gasteiger partial charge in [0.2, 0.25) is 5.44 Å². The number of piperidine rings is 2. The van der Waals surface area contributed by atoms with Gasteiger partial charge in [0, 0.05) is 18.1 Å². The first-order chi connectivity index (χ1) is 17.0. The molecule has 0 radical (unpaired) electrons. The molecular formula is C28H42N3O4P. The summed E-state index contributed by atoms with van der Waals surface area (Å²) in [5.74, 6) is 2.90. The number of nitrogens with zero attached hydrogens (tertiary/aromatic N) is 3. The van der Waals surface area contributed by atoms with Crippen molar-refractivity contribution in [1.29, 1.82) is 0 Å². The van der Waals surface area contributed by atoms with Crippen LogP contribution in [0.4, 0.5) is 0 Å². The van der Waals surface area contributed by atoms with Crippen LogP contribution in [0.2, 0.25) is 0 Å². The van der Waals surface area contributed by atoms with Crippen LogP contribution in [-0.2, 0) is 4.57 Å². The van der Waals surface area contributed by atoms with Crippen LogP contribution in [0.5, 0.6) is 0 Å². The maximum Gasteiger partial charge on any atom is 0.380 e. The molecule has 5 fully saturated rings. The van der Waals surface area contributed by atoms with Gasteiger partial charge in [-0.2, -0.15) is 0 Å². The van der Waals surface area contributed by atoms with Crippen molar-refractivity contribution in [3.05, 3.63) is 21.1 Å². The molecule has 2 N–H and O–H groups in total. The van der Waals surface area contributed by atoms with Gasteiger partial charge in [0.15, 0.2) is 0 Å². The van der Waals surface area contributed by atoms with Crippen LogP contribution >= 0.6 is 7.60 Å². The average Bonchev–Trinajstić information content (AvgIpc) is 2.81. The van der Waals surface area contributed by atoms with Gasteiger partial charge in [0.25, 0.3) is 5.56 Å². The molecule has 0 amide bonds. The molecule has 6 aliphatic rings. The highest BCUT2D eigenvalue weighted by Crippen LogP contribution is 2.62. The Bertz CT molecular complexity index is 1250. The van der Waals surface area contributed by atoms with E-state index in [2.05, 4.69) is 36.7 Å². The quantitative estimate of drug-likeness (QED) is 0.586. The molecule has 2 aliphatic heterocycles. The smallest absolute Gasteiger partial charge is 0.320 e. The minimum atomic E-state index is -4.76. The summed E-state index contributed by atoms with van der Waals surface area (Å²) in [6, 6.07) is 0.841. The molecule has 2 unspecified atom stereocenters. The van der Waals surface area contributed by atoms with E-state index in [-0.39, 0.29) is 12.0 Å². The highest BCUT2D eigenvalue weighted by atomic mass is 31.2. The Morgan fingerprint density at radius 3 is 2.44 bits per heavy atom. The standard InChI is InChI=1S/C28H42N3O4P/c1-17-7-10-25-24(13-17)29-26(36(33,34)35)27(32)31(25)22-15-20-5-4-6-21(16-22)30(20)12-11-18-8-9-19-14-23(18)28(19,2)3/h10,13,17-23H,4-9,11-12,14-16H2,1-3H3,(H2,33,34,35)/t17?,18-,19?,20-,21+,22+,23-/m0/s1. The summed E-state index contributed by atoms with van der Waals surface area (Å²) >= 11 is 0. The molecule has 3 saturated carbocycles. The highest BCUT2D eigenvalue weighted by Gasteiger charge is 2.54. The van der Waals surface area contributed by atoms with E-state index in [1.807, 2.05) is 6.08 Å². The fourth-order valence-corrected chi connectivity index (χ4v) is 9.32. The lowest BCUT2D eigenvalue weighted by Crippen LogP contribution is -2.59. The summed E-state index contributed by atoms with van der Waals surface area (Å²) in [5, 5.41) is 1.31. The Kier molecular flexibility index (Phi) is 6.19. The number of hydrogen-bond donors (Lipinski definition) is 2. The van der Waals surface area contributed by atoms with E-state index in [1.54, 1.807) is 4.57 Å². The third kappa shape index (κ3) is 4.09. The highest BCUT2D eigenvalue weighted by molar-refractivity contribution is 7.59. The second-order valence-corrected chi connectivity index (χ2v) is 14.6. The molecule has 0 aromatic carbocycles. The summed E-state index contributed by atoms with van der Waals surface area (Å²) in [6.45, 7) is 8.17.